The Labute approximate surface area is 144 Å². The van der Waals surface area contributed by atoms with Crippen LogP contribution < -0.4 is 5.48 Å². The maximum atomic E-state index is 11.7. The topological polar surface area (TPSA) is 64.6 Å². The van der Waals surface area contributed by atoms with Gasteiger partial charge in [0, 0.05) is 12.7 Å². The number of hydrogen-bond donors (Lipinski definition) is 1. The predicted octanol–water partition coefficient (Wildman–Crippen LogP) is 3.50. The van der Waals surface area contributed by atoms with Gasteiger partial charge in [0.1, 0.15) is 0 Å². The monoisotopic (exact) mass is 501 g/mol. The number of ether oxygens (including phenoxy) is 1. The van der Waals surface area contributed by atoms with Gasteiger partial charge in [0.15, 0.2) is 0 Å². The van der Waals surface area contributed by atoms with Gasteiger partial charge in [-0.25, -0.2) is 9.59 Å². The highest BCUT2D eigenvalue weighted by molar-refractivity contribution is 14.1. The molecule has 108 valence electrons. The van der Waals surface area contributed by atoms with E-state index < -0.39 is 12.1 Å². The number of hydrogen-bond acceptors (Lipinski definition) is 4. The minimum absolute atomic E-state index is 0.207. The van der Waals surface area contributed by atoms with Crippen LogP contribution in [0, 0.1) is 7.14 Å². The predicted molar refractivity (Wildman–Crippen MR) is 91.8 cm³/mol. The van der Waals surface area contributed by atoms with E-state index in [2.05, 4.69) is 54.8 Å². The summed E-state index contributed by atoms with van der Waals surface area (Å²) in [5.74, 6) is -0.632. The number of nitrogens with one attached hydrogen (secondary N) is 1. The first-order valence-electron chi connectivity index (χ1n) is 5.71. The number of carbonyl (C=O) groups excluding carboxylic acids is 2. The summed E-state index contributed by atoms with van der Waals surface area (Å²) in [5.41, 5.74) is 3.22. The molecular formula is C13H13I2NO4. The van der Waals surface area contributed by atoms with Crippen molar-refractivity contribution in [3.05, 3.63) is 36.5 Å². The van der Waals surface area contributed by atoms with E-state index in [0.717, 1.165) is 12.7 Å². The third-order valence-electron chi connectivity index (χ3n) is 2.15. The van der Waals surface area contributed by atoms with Crippen LogP contribution in [-0.2, 0) is 14.4 Å². The second-order valence-electron chi connectivity index (χ2n) is 3.71. The van der Waals surface area contributed by atoms with Crippen molar-refractivity contribution >= 4 is 63.3 Å². The molecule has 0 aromatic heterocycles. The first-order valence-corrected chi connectivity index (χ1v) is 7.87. The lowest BCUT2D eigenvalue weighted by molar-refractivity contribution is -0.144. The van der Waals surface area contributed by atoms with Crippen molar-refractivity contribution in [1.82, 2.24) is 5.48 Å². The van der Waals surface area contributed by atoms with Crippen LogP contribution >= 0.6 is 45.2 Å². The SMILES string of the molecule is CCOC(=O)NOC(=O)C(C)=Cc1cc(I)ccc1I. The summed E-state index contributed by atoms with van der Waals surface area (Å²) < 4.78 is 6.67. The Hall–Kier alpha value is -0.840. The standard InChI is InChI=1S/C13H13I2NO4/c1-3-19-13(18)16-20-12(17)8(2)6-9-7-10(14)4-5-11(9)15/h4-7H,3H2,1-2H3,(H,16,18). The quantitative estimate of drug-likeness (QED) is 0.392. The number of hydroxylamine groups is 1. The zero-order valence-corrected chi connectivity index (χ0v) is 15.2. The first-order chi connectivity index (χ1) is 9.43. The van der Waals surface area contributed by atoms with Crippen LogP contribution in [0.25, 0.3) is 6.08 Å². The molecule has 1 rings (SSSR count). The van der Waals surface area contributed by atoms with Crippen LogP contribution in [0.5, 0.6) is 0 Å². The molecule has 1 aromatic rings. The molecule has 0 spiro atoms. The van der Waals surface area contributed by atoms with Crippen molar-refractivity contribution in [2.45, 2.75) is 13.8 Å². The van der Waals surface area contributed by atoms with E-state index in [-0.39, 0.29) is 6.61 Å². The van der Waals surface area contributed by atoms with Crippen LogP contribution in [0.15, 0.2) is 23.8 Å². The summed E-state index contributed by atoms with van der Waals surface area (Å²) in [5, 5.41) is 0. The Morgan fingerprint density at radius 1 is 1.35 bits per heavy atom. The maximum Gasteiger partial charge on any atom is 0.440 e. The van der Waals surface area contributed by atoms with Crippen molar-refractivity contribution in [2.75, 3.05) is 6.61 Å². The highest BCUT2D eigenvalue weighted by atomic mass is 127. The number of halogens is 2. The molecule has 20 heavy (non-hydrogen) atoms. The van der Waals surface area contributed by atoms with Gasteiger partial charge >= 0.3 is 12.1 Å². The summed E-state index contributed by atoms with van der Waals surface area (Å²) in [6.07, 6.45) is 0.913. The van der Waals surface area contributed by atoms with Crippen molar-refractivity contribution in [3.8, 4) is 0 Å². The van der Waals surface area contributed by atoms with Crippen LogP contribution in [-0.4, -0.2) is 18.7 Å². The van der Waals surface area contributed by atoms with Gasteiger partial charge in [0.25, 0.3) is 0 Å². The zero-order valence-electron chi connectivity index (χ0n) is 10.9. The molecule has 0 heterocycles. The third kappa shape index (κ3) is 5.65. The fourth-order valence-corrected chi connectivity index (χ4v) is 2.25. The van der Waals surface area contributed by atoms with Crippen molar-refractivity contribution in [1.29, 1.82) is 0 Å². The average molecular weight is 501 g/mol. The molecule has 0 radical (unpaired) electrons. The van der Waals surface area contributed by atoms with E-state index >= 15 is 0 Å². The van der Waals surface area contributed by atoms with Crippen molar-refractivity contribution in [2.24, 2.45) is 0 Å². The molecule has 0 aliphatic heterocycles. The van der Waals surface area contributed by atoms with E-state index in [1.165, 1.54) is 0 Å². The van der Waals surface area contributed by atoms with Crippen LogP contribution in [0.3, 0.4) is 0 Å². The fraction of sp³-hybridized carbons (Fsp3) is 0.231. The molecule has 0 atom stereocenters. The second kappa shape index (κ2) is 8.45. The molecule has 0 bridgehead atoms. The molecule has 0 fully saturated rings. The van der Waals surface area contributed by atoms with Gasteiger partial charge in [0.2, 0.25) is 0 Å². The molecule has 0 saturated heterocycles. The van der Waals surface area contributed by atoms with Crippen molar-refractivity contribution in [3.63, 3.8) is 0 Å². The molecule has 1 aromatic carbocycles. The number of benzene rings is 1. The minimum atomic E-state index is -0.794. The zero-order chi connectivity index (χ0) is 15.1. The number of carbonyl (C=O) groups is 2. The Morgan fingerprint density at radius 2 is 2.05 bits per heavy atom. The van der Waals surface area contributed by atoms with Gasteiger partial charge in [0.05, 0.1) is 6.61 Å². The third-order valence-corrected chi connectivity index (χ3v) is 3.81. The van der Waals surface area contributed by atoms with Gasteiger partial charge in [-0.15, -0.1) is 5.48 Å². The summed E-state index contributed by atoms with van der Waals surface area (Å²) >= 11 is 4.39. The van der Waals surface area contributed by atoms with Gasteiger partial charge in [-0.3, -0.25) is 0 Å². The van der Waals surface area contributed by atoms with Gasteiger partial charge in [-0.1, -0.05) is 0 Å². The van der Waals surface area contributed by atoms with E-state index in [1.54, 1.807) is 19.9 Å². The Balaban J connectivity index is 2.71. The lowest BCUT2D eigenvalue weighted by Crippen LogP contribution is -2.28. The highest BCUT2D eigenvalue weighted by Gasteiger charge is 2.10. The smallest absolute Gasteiger partial charge is 0.440 e. The van der Waals surface area contributed by atoms with Crippen LogP contribution in [0.2, 0.25) is 0 Å². The Kier molecular flexibility index (Phi) is 7.27. The minimum Gasteiger partial charge on any atom is -0.448 e. The van der Waals surface area contributed by atoms with Gasteiger partial charge in [-0.05, 0) is 88.9 Å². The van der Waals surface area contributed by atoms with E-state index in [9.17, 15) is 9.59 Å². The number of amides is 1. The van der Waals surface area contributed by atoms with E-state index in [1.807, 2.05) is 23.7 Å². The normalized spacial score (nSPS) is 10.9. The maximum absolute atomic E-state index is 11.7. The Bertz CT molecular complexity index is 543. The first kappa shape index (κ1) is 17.2. The average Bonchev–Trinajstić information content (AvgIpc) is 2.40. The molecule has 1 amide bonds. The summed E-state index contributed by atoms with van der Waals surface area (Å²) in [6.45, 7) is 3.48. The molecule has 5 nitrogen and oxygen atoms in total. The summed E-state index contributed by atoms with van der Waals surface area (Å²) in [6, 6.07) is 5.90. The molecule has 1 N–H and O–H groups in total. The fourth-order valence-electron chi connectivity index (χ4n) is 1.25. The molecule has 0 aliphatic carbocycles. The molecule has 0 saturated carbocycles. The number of rotatable bonds is 3. The van der Waals surface area contributed by atoms with Crippen LogP contribution in [0.1, 0.15) is 19.4 Å². The molecular weight excluding hydrogens is 488 g/mol. The largest absolute Gasteiger partial charge is 0.448 e. The lowest BCUT2D eigenvalue weighted by atomic mass is 10.1. The van der Waals surface area contributed by atoms with Gasteiger partial charge < -0.3 is 9.57 Å². The summed E-state index contributed by atoms with van der Waals surface area (Å²) in [4.78, 5) is 27.3. The molecule has 0 unspecified atom stereocenters. The second-order valence-corrected chi connectivity index (χ2v) is 6.11. The summed E-state index contributed by atoms with van der Waals surface area (Å²) in [7, 11) is 0. The highest BCUT2D eigenvalue weighted by Crippen LogP contribution is 2.19. The van der Waals surface area contributed by atoms with Crippen molar-refractivity contribution < 1.29 is 19.2 Å². The van der Waals surface area contributed by atoms with Gasteiger partial charge in [-0.2, -0.15) is 0 Å². The van der Waals surface area contributed by atoms with E-state index in [0.29, 0.717) is 5.57 Å². The molecule has 0 aliphatic rings. The van der Waals surface area contributed by atoms with E-state index in [4.69, 9.17) is 0 Å². The molecule has 7 heteroatoms. The van der Waals surface area contributed by atoms with Crippen LogP contribution in [0.4, 0.5) is 4.79 Å². The lowest BCUT2D eigenvalue weighted by Gasteiger charge is -2.06. The Morgan fingerprint density at radius 3 is 2.70 bits per heavy atom.